The van der Waals surface area contributed by atoms with Gasteiger partial charge in [-0.05, 0) is 75.4 Å². The quantitative estimate of drug-likeness (QED) is 0.901. The van der Waals surface area contributed by atoms with Gasteiger partial charge in [-0.2, -0.15) is 11.3 Å². The van der Waals surface area contributed by atoms with E-state index in [2.05, 4.69) is 22.1 Å². The Morgan fingerprint density at radius 1 is 1.55 bits per heavy atom. The number of hydrogen-bond donors (Lipinski definition) is 1. The van der Waals surface area contributed by atoms with Crippen molar-refractivity contribution in [2.24, 2.45) is 5.92 Å². The number of rotatable bonds is 5. The molecule has 0 spiro atoms. The molecule has 22 heavy (non-hydrogen) atoms. The molecule has 1 aliphatic rings. The summed E-state index contributed by atoms with van der Waals surface area (Å²) in [7, 11) is 2.02. The molecule has 0 bridgehead atoms. The third kappa shape index (κ3) is 4.99. The van der Waals surface area contributed by atoms with Crippen molar-refractivity contribution in [3.05, 3.63) is 22.4 Å². The molecule has 0 aliphatic carbocycles. The molecule has 0 saturated carbocycles. The summed E-state index contributed by atoms with van der Waals surface area (Å²) in [5.41, 5.74) is 0.989. The molecular formula is C17H28N2O2S. The second-order valence-corrected chi connectivity index (χ2v) is 7.82. The minimum atomic E-state index is -0.420. The predicted molar refractivity (Wildman–Crippen MR) is 91.4 cm³/mol. The molecule has 1 saturated heterocycles. The van der Waals surface area contributed by atoms with Crippen LogP contribution in [-0.4, -0.2) is 42.8 Å². The summed E-state index contributed by atoms with van der Waals surface area (Å²) in [5, 5.41) is 7.78. The number of thiophene rings is 1. The zero-order chi connectivity index (χ0) is 16.2. The van der Waals surface area contributed by atoms with Crippen LogP contribution < -0.4 is 5.32 Å². The Bertz CT molecular complexity index is 468. The average molecular weight is 324 g/mol. The zero-order valence-electron chi connectivity index (χ0n) is 14.1. The fourth-order valence-corrected chi connectivity index (χ4v) is 3.68. The lowest BCUT2D eigenvalue weighted by Crippen LogP contribution is -2.39. The van der Waals surface area contributed by atoms with Crippen LogP contribution in [0.5, 0.6) is 0 Å². The monoisotopic (exact) mass is 324 g/mol. The van der Waals surface area contributed by atoms with Crippen LogP contribution in [0, 0.1) is 5.92 Å². The van der Waals surface area contributed by atoms with Crippen LogP contribution in [0.1, 0.15) is 39.2 Å². The van der Waals surface area contributed by atoms with Crippen molar-refractivity contribution in [1.82, 2.24) is 10.2 Å². The first-order chi connectivity index (χ1) is 10.4. The summed E-state index contributed by atoms with van der Waals surface area (Å²) in [5.74, 6) is 0.510. The van der Waals surface area contributed by atoms with Gasteiger partial charge in [0, 0.05) is 19.1 Å². The van der Waals surface area contributed by atoms with Crippen LogP contribution in [0.15, 0.2) is 16.8 Å². The molecule has 2 heterocycles. The fourth-order valence-electron chi connectivity index (χ4n) is 2.98. The van der Waals surface area contributed by atoms with E-state index in [0.29, 0.717) is 12.0 Å². The van der Waals surface area contributed by atoms with E-state index < -0.39 is 5.60 Å². The van der Waals surface area contributed by atoms with E-state index in [-0.39, 0.29) is 6.09 Å². The average Bonchev–Trinajstić information content (AvgIpc) is 3.08. The van der Waals surface area contributed by atoms with E-state index in [0.717, 1.165) is 32.4 Å². The van der Waals surface area contributed by atoms with Crippen LogP contribution in [0.4, 0.5) is 4.79 Å². The highest BCUT2D eigenvalue weighted by atomic mass is 32.1. The van der Waals surface area contributed by atoms with Gasteiger partial charge in [-0.25, -0.2) is 4.79 Å². The van der Waals surface area contributed by atoms with Crippen molar-refractivity contribution in [3.8, 4) is 0 Å². The third-order valence-corrected chi connectivity index (χ3v) is 4.87. The van der Waals surface area contributed by atoms with Gasteiger partial charge < -0.3 is 15.0 Å². The predicted octanol–water partition coefficient (Wildman–Crippen LogP) is 3.53. The molecule has 1 aromatic heterocycles. The van der Waals surface area contributed by atoms with Gasteiger partial charge in [-0.3, -0.25) is 0 Å². The first-order valence-electron chi connectivity index (χ1n) is 8.05. The molecule has 124 valence electrons. The molecule has 5 heteroatoms. The van der Waals surface area contributed by atoms with Gasteiger partial charge in [0.2, 0.25) is 0 Å². The highest BCUT2D eigenvalue weighted by molar-refractivity contribution is 7.07. The maximum absolute atomic E-state index is 12.1. The number of nitrogens with zero attached hydrogens (tertiary/aromatic N) is 1. The molecule has 2 unspecified atom stereocenters. The number of nitrogens with one attached hydrogen (secondary N) is 1. The lowest BCUT2D eigenvalue weighted by molar-refractivity contribution is 0.0285. The van der Waals surface area contributed by atoms with E-state index in [1.54, 1.807) is 11.3 Å². The standard InChI is InChI=1S/C17H28N2O2S/c1-17(2,3)21-16(20)19-9-7-14(11-19)15(18-4)6-5-13-8-10-22-12-13/h8,10,12,14-15,18H,5-7,9,11H2,1-4H3. The summed E-state index contributed by atoms with van der Waals surface area (Å²) >= 11 is 1.75. The highest BCUT2D eigenvalue weighted by Gasteiger charge is 2.33. The van der Waals surface area contributed by atoms with Gasteiger partial charge in [0.1, 0.15) is 5.60 Å². The van der Waals surface area contributed by atoms with Crippen molar-refractivity contribution in [1.29, 1.82) is 0 Å². The Balaban J connectivity index is 1.83. The zero-order valence-corrected chi connectivity index (χ0v) is 14.9. The van der Waals surface area contributed by atoms with E-state index >= 15 is 0 Å². The molecule has 1 N–H and O–H groups in total. The van der Waals surface area contributed by atoms with Crippen LogP contribution in [0.25, 0.3) is 0 Å². The Labute approximate surface area is 137 Å². The van der Waals surface area contributed by atoms with Crippen molar-refractivity contribution in [3.63, 3.8) is 0 Å². The van der Waals surface area contributed by atoms with Gasteiger partial charge in [0.05, 0.1) is 0 Å². The lowest BCUT2D eigenvalue weighted by Gasteiger charge is -2.26. The van der Waals surface area contributed by atoms with Crippen molar-refractivity contribution in [2.75, 3.05) is 20.1 Å². The second-order valence-electron chi connectivity index (χ2n) is 7.04. The minimum absolute atomic E-state index is 0.178. The fraction of sp³-hybridized carbons (Fsp3) is 0.706. The van der Waals surface area contributed by atoms with Crippen molar-refractivity contribution in [2.45, 2.75) is 51.7 Å². The third-order valence-electron chi connectivity index (χ3n) is 4.14. The van der Waals surface area contributed by atoms with Crippen LogP contribution in [0.2, 0.25) is 0 Å². The number of ether oxygens (including phenoxy) is 1. The first-order valence-corrected chi connectivity index (χ1v) is 8.99. The molecule has 0 radical (unpaired) electrons. The molecule has 1 aliphatic heterocycles. The van der Waals surface area contributed by atoms with Gasteiger partial charge in [0.25, 0.3) is 0 Å². The van der Waals surface area contributed by atoms with Crippen molar-refractivity contribution < 1.29 is 9.53 Å². The van der Waals surface area contributed by atoms with Crippen molar-refractivity contribution >= 4 is 17.4 Å². The molecule has 2 rings (SSSR count). The van der Waals surface area contributed by atoms with Crippen LogP contribution >= 0.6 is 11.3 Å². The summed E-state index contributed by atoms with van der Waals surface area (Å²) in [6.45, 7) is 7.33. The Hall–Kier alpha value is -1.07. The number of amides is 1. The largest absolute Gasteiger partial charge is 0.444 e. The van der Waals surface area contributed by atoms with E-state index in [9.17, 15) is 4.79 Å². The maximum atomic E-state index is 12.1. The molecule has 0 aromatic carbocycles. The van der Waals surface area contributed by atoms with Gasteiger partial charge in [0.15, 0.2) is 0 Å². The molecule has 2 atom stereocenters. The minimum Gasteiger partial charge on any atom is -0.444 e. The topological polar surface area (TPSA) is 41.6 Å². The SMILES string of the molecule is CNC(CCc1ccsc1)C1CCN(C(=O)OC(C)(C)C)C1. The smallest absolute Gasteiger partial charge is 0.410 e. The van der Waals surface area contributed by atoms with E-state index in [1.165, 1.54) is 5.56 Å². The molecule has 1 amide bonds. The normalized spacial score (nSPS) is 20.2. The Kier molecular flexibility index (Phi) is 5.87. The molecule has 4 nitrogen and oxygen atoms in total. The Morgan fingerprint density at radius 2 is 2.32 bits per heavy atom. The first kappa shape index (κ1) is 17.3. The van der Waals surface area contributed by atoms with E-state index in [4.69, 9.17) is 4.74 Å². The number of likely N-dealkylation sites (tertiary alicyclic amines) is 1. The molecule has 1 fully saturated rings. The van der Waals surface area contributed by atoms with Gasteiger partial charge in [-0.1, -0.05) is 0 Å². The Morgan fingerprint density at radius 3 is 2.91 bits per heavy atom. The number of carbonyl (C=O) groups excluding carboxylic acids is 1. The summed E-state index contributed by atoms with van der Waals surface area (Å²) < 4.78 is 5.47. The summed E-state index contributed by atoms with van der Waals surface area (Å²) in [6, 6.07) is 2.64. The number of hydrogen-bond acceptors (Lipinski definition) is 4. The van der Waals surface area contributed by atoms with Gasteiger partial charge >= 0.3 is 6.09 Å². The van der Waals surface area contributed by atoms with Crippen LogP contribution in [-0.2, 0) is 11.2 Å². The van der Waals surface area contributed by atoms with Gasteiger partial charge in [-0.15, -0.1) is 0 Å². The lowest BCUT2D eigenvalue weighted by atomic mass is 9.94. The summed E-state index contributed by atoms with van der Waals surface area (Å²) in [6.07, 6.45) is 3.08. The molecular weight excluding hydrogens is 296 g/mol. The second kappa shape index (κ2) is 7.47. The number of aryl methyl sites for hydroxylation is 1. The van der Waals surface area contributed by atoms with E-state index in [1.807, 2.05) is 32.7 Å². The summed E-state index contributed by atoms with van der Waals surface area (Å²) in [4.78, 5) is 14.0. The highest BCUT2D eigenvalue weighted by Crippen LogP contribution is 2.24. The van der Waals surface area contributed by atoms with Crippen LogP contribution in [0.3, 0.4) is 0 Å². The maximum Gasteiger partial charge on any atom is 0.410 e. The number of carbonyl (C=O) groups is 1. The molecule has 1 aromatic rings.